The van der Waals surface area contributed by atoms with Gasteiger partial charge in [0.05, 0.1) is 24.8 Å². The van der Waals surface area contributed by atoms with E-state index in [1.807, 2.05) is 85.4 Å². The maximum Gasteiger partial charge on any atom is 0.254 e. The minimum atomic E-state index is -0.602. The Morgan fingerprint density at radius 1 is 0.971 bits per heavy atom. The van der Waals surface area contributed by atoms with Crippen LogP contribution in [0, 0.1) is 6.92 Å². The topological polar surface area (TPSA) is 63.6 Å². The molecule has 3 aromatic carbocycles. The molecular formula is C28H27N3O3. The predicted molar refractivity (Wildman–Crippen MR) is 133 cm³/mol. The molecule has 0 fully saturated rings. The molecule has 6 heteroatoms. The number of carbonyl (C=O) groups excluding carboxylic acids is 2. The highest BCUT2D eigenvalue weighted by Crippen LogP contribution is 2.45. The number of methoxy groups -OCH3 is 1. The van der Waals surface area contributed by atoms with Gasteiger partial charge in [0.15, 0.2) is 0 Å². The third-order valence-electron chi connectivity index (χ3n) is 6.72. The molecule has 4 aromatic rings. The Hall–Kier alpha value is -4.06. The first kappa shape index (κ1) is 21.8. The Balaban J connectivity index is 1.68. The molecule has 34 heavy (non-hydrogen) atoms. The van der Waals surface area contributed by atoms with Crippen molar-refractivity contribution in [3.63, 3.8) is 0 Å². The number of likely N-dealkylation sites (N-methyl/N-ethyl adjacent to an activating group) is 1. The molecule has 172 valence electrons. The maximum absolute atomic E-state index is 14.0. The summed E-state index contributed by atoms with van der Waals surface area (Å²) in [6.45, 7) is 1.97. The highest BCUT2D eigenvalue weighted by atomic mass is 16.5. The largest absolute Gasteiger partial charge is 0.495 e. The predicted octanol–water partition coefficient (Wildman–Crippen LogP) is 5.04. The molecule has 0 radical (unpaired) electrons. The summed E-state index contributed by atoms with van der Waals surface area (Å²) in [6, 6.07) is 20.7. The molecule has 0 spiro atoms. The van der Waals surface area contributed by atoms with E-state index in [4.69, 9.17) is 4.74 Å². The lowest BCUT2D eigenvalue weighted by molar-refractivity contribution is -0.119. The van der Waals surface area contributed by atoms with Gasteiger partial charge in [0.1, 0.15) is 5.75 Å². The van der Waals surface area contributed by atoms with Gasteiger partial charge in [-0.15, -0.1) is 0 Å². The van der Waals surface area contributed by atoms with E-state index in [0.29, 0.717) is 17.0 Å². The lowest BCUT2D eigenvalue weighted by Gasteiger charge is -2.39. The number of rotatable bonds is 4. The van der Waals surface area contributed by atoms with Crippen molar-refractivity contribution in [2.75, 3.05) is 19.5 Å². The second kappa shape index (κ2) is 8.37. The third-order valence-corrected chi connectivity index (χ3v) is 6.72. The van der Waals surface area contributed by atoms with Crippen LogP contribution in [0.15, 0.2) is 72.9 Å². The minimum absolute atomic E-state index is 0.0919. The van der Waals surface area contributed by atoms with Gasteiger partial charge in [0.25, 0.3) is 5.91 Å². The zero-order chi connectivity index (χ0) is 24.0. The van der Waals surface area contributed by atoms with Crippen molar-refractivity contribution in [1.29, 1.82) is 0 Å². The van der Waals surface area contributed by atoms with Crippen molar-refractivity contribution in [2.45, 2.75) is 18.9 Å². The quantitative estimate of drug-likeness (QED) is 0.471. The average molecular weight is 454 g/mol. The van der Waals surface area contributed by atoms with E-state index in [9.17, 15) is 9.59 Å². The van der Waals surface area contributed by atoms with E-state index < -0.39 is 12.0 Å². The van der Waals surface area contributed by atoms with Gasteiger partial charge in [-0.3, -0.25) is 9.59 Å². The third kappa shape index (κ3) is 3.43. The second-order valence-corrected chi connectivity index (χ2v) is 8.83. The highest BCUT2D eigenvalue weighted by molar-refractivity contribution is 6.05. The van der Waals surface area contributed by atoms with Crippen LogP contribution in [0.1, 0.15) is 39.0 Å². The smallest absolute Gasteiger partial charge is 0.254 e. The van der Waals surface area contributed by atoms with Crippen LogP contribution in [-0.2, 0) is 11.8 Å². The molecule has 5 rings (SSSR count). The molecule has 1 aliphatic heterocycles. The Morgan fingerprint density at radius 2 is 1.71 bits per heavy atom. The Bertz CT molecular complexity index is 1420. The molecule has 0 aliphatic carbocycles. The van der Waals surface area contributed by atoms with Crippen LogP contribution in [0.3, 0.4) is 0 Å². The molecule has 2 amide bonds. The van der Waals surface area contributed by atoms with Crippen molar-refractivity contribution in [3.05, 3.63) is 95.2 Å². The first-order valence-electron chi connectivity index (χ1n) is 11.3. The van der Waals surface area contributed by atoms with Gasteiger partial charge in [0, 0.05) is 42.3 Å². The number of hydrogen-bond donors (Lipinski definition) is 1. The van der Waals surface area contributed by atoms with Crippen molar-refractivity contribution in [2.24, 2.45) is 7.05 Å². The standard InChI is InChI=1S/C28H27N3O3/c1-17-13-14-24(34-4)22(15-17)29-27(32)25-19-10-5-6-11-20(19)28(33)31(3)26(25)21-16-30(2)23-12-8-7-9-18(21)23/h5-16,25-26H,1-4H3,(H,29,32)/t25-,26+/m1/s1. The number of anilines is 1. The first-order valence-corrected chi connectivity index (χ1v) is 11.3. The number of aromatic nitrogens is 1. The SMILES string of the molecule is COc1ccc(C)cc1NC(=O)[C@@H]1c2ccccc2C(=O)N(C)[C@H]1c1cn(C)c2ccccc12. The summed E-state index contributed by atoms with van der Waals surface area (Å²) in [5.41, 5.74) is 4.90. The molecule has 1 aromatic heterocycles. The number of benzene rings is 3. The van der Waals surface area contributed by atoms with Gasteiger partial charge in [-0.25, -0.2) is 0 Å². The number of nitrogens with one attached hydrogen (secondary N) is 1. The fourth-order valence-corrected chi connectivity index (χ4v) is 5.08. The Morgan fingerprint density at radius 3 is 2.50 bits per heavy atom. The number of para-hydroxylation sites is 1. The number of hydrogen-bond acceptors (Lipinski definition) is 3. The molecule has 0 unspecified atom stereocenters. The number of amides is 2. The zero-order valence-corrected chi connectivity index (χ0v) is 19.7. The van der Waals surface area contributed by atoms with Gasteiger partial charge < -0.3 is 19.5 Å². The lowest BCUT2D eigenvalue weighted by Crippen LogP contribution is -2.44. The van der Waals surface area contributed by atoms with Crippen molar-refractivity contribution >= 4 is 28.4 Å². The van der Waals surface area contributed by atoms with Gasteiger partial charge in [0.2, 0.25) is 5.91 Å². The molecule has 6 nitrogen and oxygen atoms in total. The van der Waals surface area contributed by atoms with Crippen LogP contribution in [-0.4, -0.2) is 35.4 Å². The van der Waals surface area contributed by atoms with E-state index >= 15 is 0 Å². The summed E-state index contributed by atoms with van der Waals surface area (Å²) >= 11 is 0. The lowest BCUT2D eigenvalue weighted by atomic mass is 9.79. The number of carbonyl (C=O) groups is 2. The fourth-order valence-electron chi connectivity index (χ4n) is 5.08. The molecular weight excluding hydrogens is 426 g/mol. The number of ether oxygens (including phenoxy) is 1. The Labute approximate surface area is 198 Å². The normalized spacial score (nSPS) is 17.5. The summed E-state index contributed by atoms with van der Waals surface area (Å²) in [5.74, 6) is -0.288. The van der Waals surface area contributed by atoms with Gasteiger partial charge in [-0.1, -0.05) is 42.5 Å². The molecule has 0 saturated heterocycles. The van der Waals surface area contributed by atoms with Gasteiger partial charge in [-0.2, -0.15) is 0 Å². The van der Waals surface area contributed by atoms with E-state index in [-0.39, 0.29) is 11.8 Å². The van der Waals surface area contributed by atoms with Crippen LogP contribution in [0.4, 0.5) is 5.69 Å². The summed E-state index contributed by atoms with van der Waals surface area (Å²) in [4.78, 5) is 29.1. The number of aryl methyl sites for hydroxylation is 2. The van der Waals surface area contributed by atoms with Crippen LogP contribution in [0.25, 0.3) is 10.9 Å². The van der Waals surface area contributed by atoms with Crippen LogP contribution >= 0.6 is 0 Å². The number of nitrogens with zero attached hydrogens (tertiary/aromatic N) is 2. The minimum Gasteiger partial charge on any atom is -0.495 e. The van der Waals surface area contributed by atoms with Crippen molar-refractivity contribution in [1.82, 2.24) is 9.47 Å². The molecule has 0 bridgehead atoms. The zero-order valence-electron chi connectivity index (χ0n) is 19.7. The van der Waals surface area contributed by atoms with E-state index in [2.05, 4.69) is 5.32 Å². The van der Waals surface area contributed by atoms with E-state index in [0.717, 1.165) is 27.6 Å². The highest BCUT2D eigenvalue weighted by Gasteiger charge is 2.43. The number of fused-ring (bicyclic) bond motifs is 2. The summed E-state index contributed by atoms with van der Waals surface area (Å²) in [7, 11) is 5.34. The van der Waals surface area contributed by atoms with Crippen molar-refractivity contribution in [3.8, 4) is 5.75 Å². The summed E-state index contributed by atoms with van der Waals surface area (Å²) in [5, 5.41) is 4.12. The Kier molecular flexibility index (Phi) is 5.36. The van der Waals surface area contributed by atoms with E-state index in [1.54, 1.807) is 25.1 Å². The summed E-state index contributed by atoms with van der Waals surface area (Å²) in [6.07, 6.45) is 2.03. The second-order valence-electron chi connectivity index (χ2n) is 8.83. The maximum atomic E-state index is 14.0. The van der Waals surface area contributed by atoms with E-state index in [1.165, 1.54) is 0 Å². The molecule has 2 heterocycles. The van der Waals surface area contributed by atoms with Crippen molar-refractivity contribution < 1.29 is 14.3 Å². The van der Waals surface area contributed by atoms with Gasteiger partial charge >= 0.3 is 0 Å². The summed E-state index contributed by atoms with van der Waals surface area (Å²) < 4.78 is 7.53. The van der Waals surface area contributed by atoms with Gasteiger partial charge in [-0.05, 0) is 42.3 Å². The van der Waals surface area contributed by atoms with Crippen LogP contribution in [0.2, 0.25) is 0 Å². The van der Waals surface area contributed by atoms with Crippen LogP contribution in [0.5, 0.6) is 5.75 Å². The molecule has 1 aliphatic rings. The average Bonchev–Trinajstić information content (AvgIpc) is 3.17. The molecule has 0 saturated carbocycles. The molecule has 1 N–H and O–H groups in total. The van der Waals surface area contributed by atoms with Crippen LogP contribution < -0.4 is 10.1 Å². The fraction of sp³-hybridized carbons (Fsp3) is 0.214. The molecule has 2 atom stereocenters. The first-order chi connectivity index (χ1) is 16.4. The monoisotopic (exact) mass is 453 g/mol.